The van der Waals surface area contributed by atoms with Crippen molar-refractivity contribution in [3.8, 4) is 11.3 Å². The van der Waals surface area contributed by atoms with E-state index < -0.39 is 5.82 Å². The number of pyridine rings is 2. The van der Waals surface area contributed by atoms with E-state index in [1.165, 1.54) is 44.5 Å². The Bertz CT molecular complexity index is 1320. The molecule has 8 heteroatoms. The molecule has 1 aliphatic rings. The van der Waals surface area contributed by atoms with Crippen LogP contribution in [0.3, 0.4) is 0 Å². The number of halogens is 1. The number of anilines is 1. The van der Waals surface area contributed by atoms with E-state index in [0.29, 0.717) is 30.2 Å². The fourth-order valence-electron chi connectivity index (χ4n) is 3.92. The summed E-state index contributed by atoms with van der Waals surface area (Å²) in [5.41, 5.74) is 4.50. The zero-order valence-corrected chi connectivity index (χ0v) is 18.2. The molecule has 3 heterocycles. The average molecular weight is 442 g/mol. The first-order valence-electron chi connectivity index (χ1n) is 10.9. The summed E-state index contributed by atoms with van der Waals surface area (Å²) in [6, 6.07) is 10.6. The third-order valence-electron chi connectivity index (χ3n) is 5.84. The SMILES string of the molecule is CNC(=O)c1ccnc2c(CCNc3cc(-c4ccc(C5CC5)nc4)ncn3)ccc(F)c12. The normalized spacial score (nSPS) is 13.2. The number of benzene rings is 1. The Morgan fingerprint density at radius 2 is 1.97 bits per heavy atom. The van der Waals surface area contributed by atoms with Crippen LogP contribution in [0.5, 0.6) is 0 Å². The first-order chi connectivity index (χ1) is 16.1. The number of carbonyl (C=O) groups is 1. The van der Waals surface area contributed by atoms with Gasteiger partial charge in [-0.3, -0.25) is 14.8 Å². The van der Waals surface area contributed by atoms with Crippen LogP contribution >= 0.6 is 0 Å². The Kier molecular flexibility index (Phi) is 5.64. The van der Waals surface area contributed by atoms with Crippen LogP contribution in [-0.2, 0) is 6.42 Å². The lowest BCUT2D eigenvalue weighted by molar-refractivity contribution is 0.0964. The van der Waals surface area contributed by atoms with Crippen LogP contribution in [0.4, 0.5) is 10.2 Å². The van der Waals surface area contributed by atoms with Crippen LogP contribution in [0.15, 0.2) is 55.1 Å². The van der Waals surface area contributed by atoms with Crippen molar-refractivity contribution in [2.24, 2.45) is 0 Å². The molecule has 0 atom stereocenters. The van der Waals surface area contributed by atoms with Gasteiger partial charge in [0, 0.05) is 54.6 Å². The number of hydrogen-bond donors (Lipinski definition) is 2. The highest BCUT2D eigenvalue weighted by Gasteiger charge is 2.24. The Hall–Kier alpha value is -3.94. The minimum Gasteiger partial charge on any atom is -0.370 e. The second-order valence-corrected chi connectivity index (χ2v) is 8.08. The maximum Gasteiger partial charge on any atom is 0.251 e. The van der Waals surface area contributed by atoms with E-state index >= 15 is 0 Å². The van der Waals surface area contributed by atoms with E-state index in [-0.39, 0.29) is 16.9 Å². The van der Waals surface area contributed by atoms with Gasteiger partial charge in [-0.25, -0.2) is 14.4 Å². The molecule has 0 saturated heterocycles. The Morgan fingerprint density at radius 3 is 2.73 bits per heavy atom. The molecule has 3 aromatic heterocycles. The molecule has 2 N–H and O–H groups in total. The molecular formula is C25H23FN6O. The molecule has 1 amide bonds. The first kappa shape index (κ1) is 20.9. The maximum atomic E-state index is 14.5. The van der Waals surface area contributed by atoms with Gasteiger partial charge in [-0.1, -0.05) is 6.07 Å². The largest absolute Gasteiger partial charge is 0.370 e. The van der Waals surface area contributed by atoms with Crippen molar-refractivity contribution in [3.63, 3.8) is 0 Å². The zero-order valence-electron chi connectivity index (χ0n) is 18.2. The van der Waals surface area contributed by atoms with Crippen molar-refractivity contribution in [2.75, 3.05) is 18.9 Å². The van der Waals surface area contributed by atoms with Gasteiger partial charge in [-0.05, 0) is 49.1 Å². The van der Waals surface area contributed by atoms with Gasteiger partial charge < -0.3 is 10.6 Å². The fourth-order valence-corrected chi connectivity index (χ4v) is 3.92. The van der Waals surface area contributed by atoms with Crippen molar-refractivity contribution in [1.29, 1.82) is 0 Å². The number of aromatic nitrogens is 4. The summed E-state index contributed by atoms with van der Waals surface area (Å²) < 4.78 is 14.5. The standard InChI is InChI=1S/C25H23FN6O/c1-27-25(33)18-9-11-29-24-16(4-6-19(26)23(18)24)8-10-28-22-12-21(31-14-32-22)17-5-7-20(30-13-17)15-2-3-15/h4-7,9,11-15H,2-3,8,10H2,1H3,(H,27,33)(H,28,31,32). The molecule has 1 saturated carbocycles. The molecule has 0 unspecified atom stereocenters. The van der Waals surface area contributed by atoms with Crippen LogP contribution in [0.1, 0.15) is 40.4 Å². The lowest BCUT2D eigenvalue weighted by Gasteiger charge is -2.11. The topological polar surface area (TPSA) is 92.7 Å². The molecule has 0 radical (unpaired) electrons. The average Bonchev–Trinajstić information content (AvgIpc) is 3.71. The summed E-state index contributed by atoms with van der Waals surface area (Å²) in [5.74, 6) is 0.503. The number of amides is 1. The highest BCUT2D eigenvalue weighted by Crippen LogP contribution is 2.39. The van der Waals surface area contributed by atoms with E-state index in [0.717, 1.165) is 22.5 Å². The van der Waals surface area contributed by atoms with Crippen LogP contribution in [-0.4, -0.2) is 39.4 Å². The highest BCUT2D eigenvalue weighted by molar-refractivity contribution is 6.06. The molecule has 1 fully saturated rings. The van der Waals surface area contributed by atoms with Crippen LogP contribution in [0.25, 0.3) is 22.2 Å². The van der Waals surface area contributed by atoms with Crippen molar-refractivity contribution in [3.05, 3.63) is 77.8 Å². The van der Waals surface area contributed by atoms with Crippen LogP contribution in [0.2, 0.25) is 0 Å². The molecular weight excluding hydrogens is 419 g/mol. The lowest BCUT2D eigenvalue weighted by atomic mass is 10.0. The number of carbonyl (C=O) groups excluding carboxylic acids is 1. The predicted octanol–water partition coefficient (Wildman–Crippen LogP) is 4.12. The van der Waals surface area contributed by atoms with Crippen LogP contribution in [0, 0.1) is 5.82 Å². The van der Waals surface area contributed by atoms with Crippen LogP contribution < -0.4 is 10.6 Å². The van der Waals surface area contributed by atoms with Crippen molar-refractivity contribution in [2.45, 2.75) is 25.2 Å². The third kappa shape index (κ3) is 4.37. The van der Waals surface area contributed by atoms with Gasteiger partial charge in [-0.15, -0.1) is 0 Å². The summed E-state index contributed by atoms with van der Waals surface area (Å²) in [6.45, 7) is 0.557. The van der Waals surface area contributed by atoms with Gasteiger partial charge in [0.2, 0.25) is 0 Å². The van der Waals surface area contributed by atoms with E-state index in [1.54, 1.807) is 6.07 Å². The summed E-state index contributed by atoms with van der Waals surface area (Å²) >= 11 is 0. The molecule has 1 aromatic carbocycles. The predicted molar refractivity (Wildman–Crippen MR) is 125 cm³/mol. The Labute approximate surface area is 190 Å². The minimum atomic E-state index is -0.463. The number of hydrogen-bond acceptors (Lipinski definition) is 6. The van der Waals surface area contributed by atoms with Gasteiger partial charge in [-0.2, -0.15) is 0 Å². The van der Waals surface area contributed by atoms with Gasteiger partial charge in [0.05, 0.1) is 16.8 Å². The second kappa shape index (κ2) is 8.90. The fraction of sp³-hybridized carbons (Fsp3) is 0.240. The van der Waals surface area contributed by atoms with Crippen molar-refractivity contribution in [1.82, 2.24) is 25.3 Å². The van der Waals surface area contributed by atoms with Gasteiger partial charge >= 0.3 is 0 Å². The zero-order chi connectivity index (χ0) is 22.8. The summed E-state index contributed by atoms with van der Waals surface area (Å²) in [7, 11) is 1.52. The summed E-state index contributed by atoms with van der Waals surface area (Å²) in [6.07, 6.45) is 7.94. The quantitative estimate of drug-likeness (QED) is 0.447. The Balaban J connectivity index is 1.31. The summed E-state index contributed by atoms with van der Waals surface area (Å²) in [4.78, 5) is 29.7. The smallest absolute Gasteiger partial charge is 0.251 e. The van der Waals surface area contributed by atoms with E-state index in [2.05, 4.69) is 36.6 Å². The van der Waals surface area contributed by atoms with Gasteiger partial charge in [0.25, 0.3) is 5.91 Å². The number of nitrogens with zero attached hydrogens (tertiary/aromatic N) is 4. The first-order valence-corrected chi connectivity index (χ1v) is 10.9. The number of nitrogens with one attached hydrogen (secondary N) is 2. The molecule has 33 heavy (non-hydrogen) atoms. The van der Waals surface area contributed by atoms with E-state index in [4.69, 9.17) is 0 Å². The minimum absolute atomic E-state index is 0.237. The van der Waals surface area contributed by atoms with E-state index in [1.807, 2.05) is 18.3 Å². The molecule has 0 spiro atoms. The van der Waals surface area contributed by atoms with Crippen molar-refractivity contribution >= 4 is 22.6 Å². The van der Waals surface area contributed by atoms with Gasteiger partial charge in [0.15, 0.2) is 0 Å². The third-order valence-corrected chi connectivity index (χ3v) is 5.84. The lowest BCUT2D eigenvalue weighted by Crippen LogP contribution is -2.18. The van der Waals surface area contributed by atoms with Crippen molar-refractivity contribution < 1.29 is 9.18 Å². The van der Waals surface area contributed by atoms with Gasteiger partial charge in [0.1, 0.15) is 18.0 Å². The monoisotopic (exact) mass is 442 g/mol. The van der Waals surface area contributed by atoms with E-state index in [9.17, 15) is 9.18 Å². The maximum absolute atomic E-state index is 14.5. The molecule has 166 valence electrons. The molecule has 1 aliphatic carbocycles. The molecule has 0 aliphatic heterocycles. The molecule has 0 bridgehead atoms. The highest BCUT2D eigenvalue weighted by atomic mass is 19.1. The molecule has 7 nitrogen and oxygen atoms in total. The molecule has 5 rings (SSSR count). The number of rotatable bonds is 7. The number of fused-ring (bicyclic) bond motifs is 1. The molecule has 4 aromatic rings. The Morgan fingerprint density at radius 1 is 1.09 bits per heavy atom. The second-order valence-electron chi connectivity index (χ2n) is 8.08. The summed E-state index contributed by atoms with van der Waals surface area (Å²) in [5, 5.41) is 6.09.